The van der Waals surface area contributed by atoms with Crippen LogP contribution in [0.3, 0.4) is 0 Å². The molecule has 0 saturated heterocycles. The van der Waals surface area contributed by atoms with Gasteiger partial charge in [0.25, 0.3) is 0 Å². The highest BCUT2D eigenvalue weighted by molar-refractivity contribution is 6.39. The van der Waals surface area contributed by atoms with Crippen molar-refractivity contribution < 1.29 is 4.79 Å². The SMILES string of the molecule is Cc1ccc(C(=O)C=CNc2c(Cl)cccc2Cl)cc1. The highest BCUT2D eigenvalue weighted by Gasteiger charge is 2.04. The number of ketones is 1. The van der Waals surface area contributed by atoms with Gasteiger partial charge in [-0.3, -0.25) is 4.79 Å². The summed E-state index contributed by atoms with van der Waals surface area (Å²) in [6, 6.07) is 12.6. The van der Waals surface area contributed by atoms with E-state index in [0.717, 1.165) is 5.56 Å². The molecule has 0 spiro atoms. The fourth-order valence-corrected chi connectivity index (χ4v) is 2.16. The molecule has 0 aliphatic heterocycles. The summed E-state index contributed by atoms with van der Waals surface area (Å²) in [5.74, 6) is -0.0827. The molecule has 20 heavy (non-hydrogen) atoms. The lowest BCUT2D eigenvalue weighted by Crippen LogP contribution is -1.97. The Morgan fingerprint density at radius 3 is 2.25 bits per heavy atom. The molecule has 1 N–H and O–H groups in total. The van der Waals surface area contributed by atoms with Gasteiger partial charge in [0.05, 0.1) is 15.7 Å². The molecule has 2 rings (SSSR count). The number of aryl methyl sites for hydroxylation is 1. The first-order valence-corrected chi connectivity index (χ1v) is 6.81. The maximum Gasteiger partial charge on any atom is 0.187 e. The molecule has 0 unspecified atom stereocenters. The number of carbonyl (C=O) groups is 1. The molecular formula is C16H13Cl2NO. The first kappa shape index (κ1) is 14.6. The molecule has 2 aromatic rings. The van der Waals surface area contributed by atoms with Gasteiger partial charge >= 0.3 is 0 Å². The molecule has 2 aromatic carbocycles. The second-order valence-electron chi connectivity index (χ2n) is 4.30. The van der Waals surface area contributed by atoms with Crippen LogP contribution in [0.15, 0.2) is 54.7 Å². The lowest BCUT2D eigenvalue weighted by molar-refractivity contribution is 0.104. The van der Waals surface area contributed by atoms with Crippen LogP contribution in [0.25, 0.3) is 0 Å². The molecule has 0 aliphatic rings. The van der Waals surface area contributed by atoms with E-state index in [0.29, 0.717) is 21.3 Å². The van der Waals surface area contributed by atoms with Gasteiger partial charge in [-0.1, -0.05) is 59.1 Å². The Morgan fingerprint density at radius 1 is 1.05 bits per heavy atom. The van der Waals surface area contributed by atoms with E-state index in [2.05, 4.69) is 5.32 Å². The van der Waals surface area contributed by atoms with E-state index in [1.54, 1.807) is 30.3 Å². The summed E-state index contributed by atoms with van der Waals surface area (Å²) in [5, 5.41) is 3.94. The Labute approximate surface area is 128 Å². The second-order valence-corrected chi connectivity index (χ2v) is 5.12. The topological polar surface area (TPSA) is 29.1 Å². The molecule has 4 heteroatoms. The van der Waals surface area contributed by atoms with Gasteiger partial charge in [0.1, 0.15) is 0 Å². The van der Waals surface area contributed by atoms with Crippen LogP contribution in [0.4, 0.5) is 5.69 Å². The van der Waals surface area contributed by atoms with Crippen LogP contribution in [0.2, 0.25) is 10.0 Å². The predicted octanol–water partition coefficient (Wildman–Crippen LogP) is 5.11. The minimum absolute atomic E-state index is 0.0827. The Morgan fingerprint density at radius 2 is 1.65 bits per heavy atom. The summed E-state index contributed by atoms with van der Waals surface area (Å²) in [6.45, 7) is 1.98. The zero-order valence-electron chi connectivity index (χ0n) is 10.9. The van der Waals surface area contributed by atoms with Crippen LogP contribution in [0.1, 0.15) is 15.9 Å². The standard InChI is InChI=1S/C16H13Cl2NO/c1-11-5-7-12(8-6-11)15(20)9-10-19-16-13(17)3-2-4-14(16)18/h2-10,19H,1H3. The van der Waals surface area contributed by atoms with Gasteiger partial charge in [0.15, 0.2) is 5.78 Å². The highest BCUT2D eigenvalue weighted by atomic mass is 35.5. The quantitative estimate of drug-likeness (QED) is 0.628. The molecule has 0 aromatic heterocycles. The van der Waals surface area contributed by atoms with E-state index < -0.39 is 0 Å². The second kappa shape index (κ2) is 6.60. The number of anilines is 1. The van der Waals surface area contributed by atoms with Crippen LogP contribution in [0.5, 0.6) is 0 Å². The van der Waals surface area contributed by atoms with Crippen molar-refractivity contribution in [1.29, 1.82) is 0 Å². The Hall–Kier alpha value is -1.77. The molecule has 0 amide bonds. The minimum Gasteiger partial charge on any atom is -0.359 e. The van der Waals surface area contributed by atoms with Gasteiger partial charge in [0.2, 0.25) is 0 Å². The van der Waals surface area contributed by atoms with Crippen LogP contribution in [0, 0.1) is 6.92 Å². The third-order valence-electron chi connectivity index (χ3n) is 2.76. The Bertz CT molecular complexity index is 628. The number of nitrogens with one attached hydrogen (secondary N) is 1. The number of allylic oxidation sites excluding steroid dienone is 1. The van der Waals surface area contributed by atoms with Crippen LogP contribution >= 0.6 is 23.2 Å². The smallest absolute Gasteiger partial charge is 0.187 e. The molecule has 0 atom stereocenters. The monoisotopic (exact) mass is 305 g/mol. The third kappa shape index (κ3) is 3.62. The summed E-state index contributed by atoms with van der Waals surface area (Å²) in [6.07, 6.45) is 2.99. The summed E-state index contributed by atoms with van der Waals surface area (Å²) >= 11 is 12.0. The van der Waals surface area contributed by atoms with E-state index in [-0.39, 0.29) is 5.78 Å². The van der Waals surface area contributed by atoms with Gasteiger partial charge < -0.3 is 5.32 Å². The van der Waals surface area contributed by atoms with Crippen molar-refractivity contribution in [1.82, 2.24) is 0 Å². The van der Waals surface area contributed by atoms with Crippen LogP contribution < -0.4 is 5.32 Å². The number of benzene rings is 2. The number of hydrogen-bond donors (Lipinski definition) is 1. The third-order valence-corrected chi connectivity index (χ3v) is 3.39. The first-order chi connectivity index (χ1) is 9.58. The average Bonchev–Trinajstić information content (AvgIpc) is 2.42. The zero-order valence-corrected chi connectivity index (χ0v) is 12.4. The largest absolute Gasteiger partial charge is 0.359 e. The van der Waals surface area contributed by atoms with Crippen molar-refractivity contribution in [3.8, 4) is 0 Å². The lowest BCUT2D eigenvalue weighted by Gasteiger charge is -2.05. The number of carbonyl (C=O) groups excluding carboxylic acids is 1. The fourth-order valence-electron chi connectivity index (χ4n) is 1.65. The Balaban J connectivity index is 2.07. The molecule has 0 radical (unpaired) electrons. The van der Waals surface area contributed by atoms with Gasteiger partial charge in [0, 0.05) is 17.8 Å². The van der Waals surface area contributed by atoms with E-state index >= 15 is 0 Å². The van der Waals surface area contributed by atoms with Gasteiger partial charge in [-0.05, 0) is 19.1 Å². The van der Waals surface area contributed by atoms with E-state index in [1.165, 1.54) is 12.3 Å². The van der Waals surface area contributed by atoms with Crippen molar-refractivity contribution in [2.24, 2.45) is 0 Å². The number of halogens is 2. The average molecular weight is 306 g/mol. The van der Waals surface area contributed by atoms with Gasteiger partial charge in [-0.2, -0.15) is 0 Å². The van der Waals surface area contributed by atoms with Gasteiger partial charge in [-0.15, -0.1) is 0 Å². The molecule has 0 saturated carbocycles. The predicted molar refractivity (Wildman–Crippen MR) is 84.7 cm³/mol. The van der Waals surface area contributed by atoms with Crippen molar-refractivity contribution >= 4 is 34.7 Å². The fraction of sp³-hybridized carbons (Fsp3) is 0.0625. The van der Waals surface area contributed by atoms with Crippen LogP contribution in [-0.4, -0.2) is 5.78 Å². The number of hydrogen-bond acceptors (Lipinski definition) is 2. The molecule has 2 nitrogen and oxygen atoms in total. The summed E-state index contributed by atoms with van der Waals surface area (Å²) < 4.78 is 0. The summed E-state index contributed by atoms with van der Waals surface area (Å²) in [5.41, 5.74) is 2.34. The molecule has 0 fully saturated rings. The molecule has 0 bridgehead atoms. The summed E-state index contributed by atoms with van der Waals surface area (Å²) in [4.78, 5) is 11.9. The summed E-state index contributed by atoms with van der Waals surface area (Å²) in [7, 11) is 0. The van der Waals surface area contributed by atoms with Crippen molar-refractivity contribution in [3.63, 3.8) is 0 Å². The normalized spacial score (nSPS) is 10.8. The maximum atomic E-state index is 11.9. The molecular weight excluding hydrogens is 293 g/mol. The van der Waals surface area contributed by atoms with Crippen molar-refractivity contribution in [2.45, 2.75) is 6.92 Å². The van der Waals surface area contributed by atoms with Crippen molar-refractivity contribution in [3.05, 3.63) is 75.9 Å². The molecule has 0 aliphatic carbocycles. The number of rotatable bonds is 4. The lowest BCUT2D eigenvalue weighted by atomic mass is 10.1. The van der Waals surface area contributed by atoms with E-state index in [9.17, 15) is 4.79 Å². The Kier molecular flexibility index (Phi) is 4.83. The first-order valence-electron chi connectivity index (χ1n) is 6.06. The molecule has 0 heterocycles. The zero-order chi connectivity index (χ0) is 14.5. The van der Waals surface area contributed by atoms with Crippen molar-refractivity contribution in [2.75, 3.05) is 5.32 Å². The van der Waals surface area contributed by atoms with Crippen LogP contribution in [-0.2, 0) is 0 Å². The van der Waals surface area contributed by atoms with Gasteiger partial charge in [-0.25, -0.2) is 0 Å². The number of para-hydroxylation sites is 1. The minimum atomic E-state index is -0.0827. The van der Waals surface area contributed by atoms with E-state index in [4.69, 9.17) is 23.2 Å². The molecule has 102 valence electrons. The maximum absolute atomic E-state index is 11.9. The van der Waals surface area contributed by atoms with E-state index in [1.807, 2.05) is 19.1 Å². The highest BCUT2D eigenvalue weighted by Crippen LogP contribution is 2.29.